The van der Waals surface area contributed by atoms with Crippen LogP contribution in [0.1, 0.15) is 10.4 Å². The molecule has 0 spiro atoms. The molecule has 1 atom stereocenters. The quantitative estimate of drug-likeness (QED) is 0.746. The van der Waals surface area contributed by atoms with E-state index in [0.717, 1.165) is 37.7 Å². The van der Waals surface area contributed by atoms with E-state index in [1.165, 1.54) is 5.69 Å². The van der Waals surface area contributed by atoms with Gasteiger partial charge in [-0.05, 0) is 41.5 Å². The summed E-state index contributed by atoms with van der Waals surface area (Å²) in [5.41, 5.74) is 8.69. The van der Waals surface area contributed by atoms with Crippen molar-refractivity contribution in [3.05, 3.63) is 66.5 Å². The fourth-order valence-electron chi connectivity index (χ4n) is 3.77. The van der Waals surface area contributed by atoms with E-state index in [-0.39, 0.29) is 4.59 Å². The summed E-state index contributed by atoms with van der Waals surface area (Å²) in [6.45, 7) is 3.30. The zero-order valence-corrected chi connectivity index (χ0v) is 16.8. The molecule has 5 rings (SSSR count). The fourth-order valence-corrected chi connectivity index (χ4v) is 3.77. The van der Waals surface area contributed by atoms with Gasteiger partial charge in [-0.15, -0.1) is 0 Å². The van der Waals surface area contributed by atoms with E-state index in [1.807, 2.05) is 30.5 Å². The molecule has 9 nitrogen and oxygen atoms in total. The molecule has 3 aliphatic heterocycles. The van der Waals surface area contributed by atoms with Crippen molar-refractivity contribution in [1.29, 1.82) is 0 Å². The number of fused-ring (bicyclic) bond motifs is 1. The first-order valence-corrected chi connectivity index (χ1v) is 10.0. The van der Waals surface area contributed by atoms with Crippen molar-refractivity contribution < 1.29 is 9.53 Å². The second-order valence-electron chi connectivity index (χ2n) is 7.34. The molecule has 3 heterocycles. The van der Waals surface area contributed by atoms with Gasteiger partial charge in [0.2, 0.25) is 5.91 Å². The number of aliphatic imine (C=N–C) groups is 2. The maximum atomic E-state index is 11.4. The molecular weight excluding hydrogens is 394 g/mol. The number of ether oxygens (including phenoxy) is 1. The Morgan fingerprint density at radius 3 is 2.52 bits per heavy atom. The molecule has 2 aromatic carbocycles. The molecule has 156 valence electrons. The first-order valence-electron chi connectivity index (χ1n) is 10.0. The van der Waals surface area contributed by atoms with Gasteiger partial charge in [0.1, 0.15) is 6.21 Å². The minimum absolute atomic E-state index is 0.0384. The third-order valence-electron chi connectivity index (χ3n) is 5.43. The van der Waals surface area contributed by atoms with Crippen LogP contribution in [0.3, 0.4) is 0 Å². The average molecular weight is 416 g/mol. The number of morpholine rings is 1. The summed E-state index contributed by atoms with van der Waals surface area (Å²) in [5.74, 6) is 0.664. The van der Waals surface area contributed by atoms with E-state index in [2.05, 4.69) is 32.3 Å². The number of guanidine groups is 1. The molecule has 3 N–H and O–H groups in total. The van der Waals surface area contributed by atoms with Gasteiger partial charge in [0.15, 0.2) is 11.9 Å². The van der Waals surface area contributed by atoms with Gasteiger partial charge in [-0.25, -0.2) is 0 Å². The highest BCUT2D eigenvalue weighted by Crippen LogP contribution is 2.31. The van der Waals surface area contributed by atoms with Crippen molar-refractivity contribution in [1.82, 2.24) is 4.59 Å². The van der Waals surface area contributed by atoms with Crippen LogP contribution in [0.4, 0.5) is 17.1 Å². The lowest BCUT2D eigenvalue weighted by atomic mass is 10.2. The number of carbonyl (C=O) groups excluding carboxylic acids is 1. The average Bonchev–Trinajstić information content (AvgIpc) is 3.19. The maximum absolute atomic E-state index is 11.4. The summed E-state index contributed by atoms with van der Waals surface area (Å²) >= 11 is 0. The van der Waals surface area contributed by atoms with Crippen molar-refractivity contribution in [2.24, 2.45) is 20.8 Å². The van der Waals surface area contributed by atoms with Gasteiger partial charge < -0.3 is 20.7 Å². The Bertz CT molecular complexity index is 1110. The molecule has 1 unspecified atom stereocenters. The summed E-state index contributed by atoms with van der Waals surface area (Å²) in [6.07, 6.45) is 5.21. The van der Waals surface area contributed by atoms with Crippen molar-refractivity contribution >= 4 is 41.0 Å². The van der Waals surface area contributed by atoms with Crippen molar-refractivity contribution in [2.75, 3.05) is 36.5 Å². The van der Waals surface area contributed by atoms with Gasteiger partial charge in [0, 0.05) is 42.2 Å². The molecule has 0 saturated carbocycles. The van der Waals surface area contributed by atoms with Crippen LogP contribution in [0.2, 0.25) is 0 Å². The summed E-state index contributed by atoms with van der Waals surface area (Å²) in [7, 11) is 0. The number of amides is 1. The van der Waals surface area contributed by atoms with Crippen molar-refractivity contribution in [3.63, 3.8) is 0 Å². The number of amidine groups is 1. The monoisotopic (exact) mass is 416 g/mol. The first-order chi connectivity index (χ1) is 15.1. The van der Waals surface area contributed by atoms with Crippen molar-refractivity contribution in [2.45, 2.75) is 0 Å². The molecule has 0 radical (unpaired) electrons. The first kappa shape index (κ1) is 19.2. The minimum Gasteiger partial charge on any atom is -0.378 e. The van der Waals surface area contributed by atoms with Crippen LogP contribution in [0, 0.1) is 0 Å². The highest BCUT2D eigenvalue weighted by atomic mass is 16.5. The largest absolute Gasteiger partial charge is 0.378 e. The van der Waals surface area contributed by atoms with E-state index in [0.29, 0.717) is 17.4 Å². The number of primary amides is 1. The zero-order valence-electron chi connectivity index (χ0n) is 16.8. The van der Waals surface area contributed by atoms with Crippen molar-refractivity contribution in [3.8, 4) is 0 Å². The van der Waals surface area contributed by atoms with Crippen LogP contribution >= 0.6 is 0 Å². The van der Waals surface area contributed by atoms with Crippen LogP contribution in [0.25, 0.3) is 0 Å². The van der Waals surface area contributed by atoms with E-state index < -0.39 is 5.91 Å². The lowest BCUT2D eigenvalue weighted by Gasteiger charge is -2.28. The fraction of sp³-hybridized carbons (Fsp3) is 0.182. The van der Waals surface area contributed by atoms with E-state index in [9.17, 15) is 4.79 Å². The number of nitrogens with zero attached hydrogens (tertiary/aromatic N) is 5. The topological polar surface area (TPSA) is 105 Å². The molecule has 0 aliphatic carbocycles. The van der Waals surface area contributed by atoms with Gasteiger partial charge >= 0.3 is 0 Å². The summed E-state index contributed by atoms with van der Waals surface area (Å²) in [5, 5.41) is 8.10. The Balaban J connectivity index is 1.39. The third kappa shape index (κ3) is 3.60. The van der Waals surface area contributed by atoms with Gasteiger partial charge in [-0.3, -0.25) is 9.79 Å². The van der Waals surface area contributed by atoms with Crippen LogP contribution in [0.15, 0.2) is 76.0 Å². The molecule has 1 saturated heterocycles. The second kappa shape index (κ2) is 7.78. The number of benzene rings is 2. The third-order valence-corrected chi connectivity index (χ3v) is 5.43. The lowest BCUT2D eigenvalue weighted by molar-refractivity contribution is 0.1000. The SMILES string of the molecule is NC(=O)c1ccc([N+]23C=CN=CC2=NC(Nc2ccc(N4CCOCC4)cc2)=N3)cc1. The predicted molar refractivity (Wildman–Crippen MR) is 122 cm³/mol. The zero-order chi connectivity index (χ0) is 21.3. The maximum Gasteiger partial charge on any atom is 0.287 e. The smallest absolute Gasteiger partial charge is 0.287 e. The van der Waals surface area contributed by atoms with E-state index >= 15 is 0 Å². The number of carbonyl (C=O) groups is 1. The highest BCUT2D eigenvalue weighted by molar-refractivity contribution is 6.38. The van der Waals surface area contributed by atoms with Gasteiger partial charge in [-0.2, -0.15) is 4.99 Å². The van der Waals surface area contributed by atoms with Gasteiger partial charge in [0.05, 0.1) is 19.4 Å². The number of nitrogens with two attached hydrogens (primary N) is 1. The lowest BCUT2D eigenvalue weighted by Crippen LogP contribution is -2.44. The Morgan fingerprint density at radius 1 is 1.06 bits per heavy atom. The number of nitrogens with one attached hydrogen (secondary N) is 1. The standard InChI is InChI=1S/C22H21N7O2/c23-21(30)16-1-7-19(8-2-16)29-12-9-24-15-20(29)26-22(27-29)25-17-3-5-18(6-4-17)28-10-13-31-14-11-28/h1-9,12,15H,10-11,13-14H2,(H2-,23,25,27,30)/p+1. The molecule has 3 aliphatic rings. The molecule has 1 fully saturated rings. The Labute approximate surface area is 179 Å². The van der Waals surface area contributed by atoms with Crippen LogP contribution in [-0.4, -0.2) is 50.2 Å². The van der Waals surface area contributed by atoms with Crippen LogP contribution in [-0.2, 0) is 4.74 Å². The van der Waals surface area contributed by atoms with Gasteiger partial charge in [0.25, 0.3) is 11.8 Å². The Hall–Kier alpha value is -3.82. The minimum atomic E-state index is -0.469. The van der Waals surface area contributed by atoms with Gasteiger partial charge in [-0.1, -0.05) is 4.59 Å². The van der Waals surface area contributed by atoms with E-state index in [1.54, 1.807) is 24.5 Å². The summed E-state index contributed by atoms with van der Waals surface area (Å²) in [4.78, 5) is 22.5. The normalized spacial score (nSPS) is 22.0. The van der Waals surface area contributed by atoms with E-state index in [4.69, 9.17) is 15.6 Å². The number of hydrogen-bond acceptors (Lipinski definition) is 7. The molecule has 9 heteroatoms. The molecule has 31 heavy (non-hydrogen) atoms. The predicted octanol–water partition coefficient (Wildman–Crippen LogP) is 2.28. The molecule has 2 aromatic rings. The number of rotatable bonds is 4. The number of anilines is 2. The van der Waals surface area contributed by atoms with Crippen LogP contribution in [0.5, 0.6) is 0 Å². The Morgan fingerprint density at radius 2 is 1.81 bits per heavy atom. The number of hydrogen-bond donors (Lipinski definition) is 2. The molecule has 1 amide bonds. The number of quaternary nitrogens is 1. The summed E-state index contributed by atoms with van der Waals surface area (Å²) in [6, 6.07) is 15.2. The Kier molecular flexibility index (Phi) is 4.81. The molecule has 0 aromatic heterocycles. The van der Waals surface area contributed by atoms with Crippen LogP contribution < -0.4 is 20.5 Å². The summed E-state index contributed by atoms with van der Waals surface area (Å²) < 4.78 is 5.46. The highest BCUT2D eigenvalue weighted by Gasteiger charge is 2.42. The second-order valence-corrected chi connectivity index (χ2v) is 7.34. The molecule has 0 bridgehead atoms. The molecular formula is C22H22N7O2+.